The summed E-state index contributed by atoms with van der Waals surface area (Å²) in [5.41, 5.74) is 2.68. The fourth-order valence-electron chi connectivity index (χ4n) is 4.57. The number of hydrogen-bond donors (Lipinski definition) is 1. The normalized spacial score (nSPS) is 15.3. The first kappa shape index (κ1) is 26.7. The maximum Gasteiger partial charge on any atom is 0.336 e. The lowest BCUT2D eigenvalue weighted by atomic mass is 9.83. The molecule has 3 aromatic carbocycles. The van der Waals surface area contributed by atoms with E-state index in [4.69, 9.17) is 9.47 Å². The average molecular weight is 513 g/mol. The van der Waals surface area contributed by atoms with Crippen LogP contribution in [0.15, 0.2) is 96.2 Å². The highest BCUT2D eigenvalue weighted by molar-refractivity contribution is 5.97. The average Bonchev–Trinajstić information content (AvgIpc) is 2.92. The topological polar surface area (TPSA) is 84.9 Å². The quantitative estimate of drug-likeness (QED) is 0.387. The second kappa shape index (κ2) is 12.7. The van der Waals surface area contributed by atoms with E-state index in [-0.39, 0.29) is 31.4 Å². The summed E-state index contributed by atoms with van der Waals surface area (Å²) in [5.74, 6) is -0.236. The van der Waals surface area contributed by atoms with Gasteiger partial charge in [0.1, 0.15) is 18.0 Å². The van der Waals surface area contributed by atoms with Gasteiger partial charge >= 0.3 is 5.97 Å². The van der Waals surface area contributed by atoms with E-state index >= 15 is 0 Å². The van der Waals surface area contributed by atoms with E-state index in [1.807, 2.05) is 84.9 Å². The van der Waals surface area contributed by atoms with Gasteiger partial charge in [0.2, 0.25) is 11.8 Å². The molecule has 7 heteroatoms. The number of benzene rings is 3. The van der Waals surface area contributed by atoms with Crippen molar-refractivity contribution in [3.05, 3.63) is 107 Å². The first-order valence-electron chi connectivity index (χ1n) is 12.8. The number of nitrogens with one attached hydrogen (secondary N) is 1. The number of para-hydroxylation sites is 1. The van der Waals surface area contributed by atoms with Crippen LogP contribution in [0.1, 0.15) is 37.3 Å². The van der Waals surface area contributed by atoms with Crippen LogP contribution in [0.25, 0.3) is 0 Å². The van der Waals surface area contributed by atoms with Crippen molar-refractivity contribution in [2.45, 2.75) is 32.6 Å². The van der Waals surface area contributed by atoms with E-state index in [0.29, 0.717) is 35.7 Å². The maximum absolute atomic E-state index is 13.2. The van der Waals surface area contributed by atoms with Gasteiger partial charge in [0.25, 0.3) is 0 Å². The van der Waals surface area contributed by atoms with Crippen LogP contribution in [-0.2, 0) is 25.5 Å². The minimum atomic E-state index is -0.515. The van der Waals surface area contributed by atoms with Crippen molar-refractivity contribution in [2.75, 3.05) is 19.7 Å². The van der Waals surface area contributed by atoms with E-state index in [0.717, 1.165) is 11.1 Å². The van der Waals surface area contributed by atoms with Crippen LogP contribution < -0.4 is 10.1 Å². The zero-order chi connectivity index (χ0) is 26.9. The molecule has 0 aromatic heterocycles. The minimum Gasteiger partial charge on any atom is -0.463 e. The lowest BCUT2D eigenvalue weighted by Crippen LogP contribution is -2.44. The second-order valence-corrected chi connectivity index (χ2v) is 9.03. The van der Waals surface area contributed by atoms with Gasteiger partial charge in [-0.2, -0.15) is 0 Å². The fourth-order valence-corrected chi connectivity index (χ4v) is 4.57. The van der Waals surface area contributed by atoms with Crippen molar-refractivity contribution in [1.29, 1.82) is 0 Å². The van der Waals surface area contributed by atoms with Crippen LogP contribution >= 0.6 is 0 Å². The van der Waals surface area contributed by atoms with Gasteiger partial charge in [0, 0.05) is 24.6 Å². The molecule has 3 aromatic rings. The molecule has 2 amide bonds. The Morgan fingerprint density at radius 2 is 1.63 bits per heavy atom. The monoisotopic (exact) mass is 512 g/mol. The molecule has 196 valence electrons. The molecule has 0 saturated carbocycles. The van der Waals surface area contributed by atoms with Crippen LogP contribution in [0.2, 0.25) is 0 Å². The van der Waals surface area contributed by atoms with Gasteiger partial charge in [-0.25, -0.2) is 4.79 Å². The second-order valence-electron chi connectivity index (χ2n) is 9.03. The number of ether oxygens (including phenoxy) is 2. The molecule has 4 rings (SSSR count). The van der Waals surface area contributed by atoms with E-state index in [9.17, 15) is 14.4 Å². The summed E-state index contributed by atoms with van der Waals surface area (Å²) < 4.78 is 11.3. The molecule has 0 spiro atoms. The van der Waals surface area contributed by atoms with Crippen molar-refractivity contribution in [1.82, 2.24) is 10.2 Å². The Morgan fingerprint density at radius 3 is 2.34 bits per heavy atom. The first-order valence-corrected chi connectivity index (χ1v) is 12.8. The van der Waals surface area contributed by atoms with Crippen molar-refractivity contribution in [3.63, 3.8) is 0 Å². The summed E-state index contributed by atoms with van der Waals surface area (Å²) in [6.45, 7) is 3.93. The largest absolute Gasteiger partial charge is 0.463 e. The van der Waals surface area contributed by atoms with Gasteiger partial charge in [-0.3, -0.25) is 9.59 Å². The molecule has 1 atom stereocenters. The third-order valence-corrected chi connectivity index (χ3v) is 6.44. The van der Waals surface area contributed by atoms with E-state index in [2.05, 4.69) is 5.32 Å². The number of amides is 2. The van der Waals surface area contributed by atoms with Gasteiger partial charge in [0.05, 0.1) is 12.2 Å². The first-order chi connectivity index (χ1) is 18.5. The molecule has 0 bridgehead atoms. The molecule has 1 heterocycles. The van der Waals surface area contributed by atoms with E-state index in [1.54, 1.807) is 13.8 Å². The molecular formula is C31H32N2O5. The molecule has 0 saturated heterocycles. The standard InChI is InChI=1S/C31H32N2O5/c1-3-37-31(36)30-22(2)33(21-28(34)32-18-17-23-11-6-4-7-12-23)29(35)20-27(30)24-13-10-16-26(19-24)38-25-14-8-5-9-15-25/h4-16,19,27H,3,17-18,20-21H2,1-2H3,(H,32,34). The molecule has 0 aliphatic carbocycles. The zero-order valence-electron chi connectivity index (χ0n) is 21.7. The molecule has 7 nitrogen and oxygen atoms in total. The van der Waals surface area contributed by atoms with Gasteiger partial charge in [-0.1, -0.05) is 60.7 Å². The molecule has 0 radical (unpaired) electrons. The summed E-state index contributed by atoms with van der Waals surface area (Å²) in [4.78, 5) is 40.4. The Labute approximate surface area is 223 Å². The van der Waals surface area contributed by atoms with E-state index < -0.39 is 11.9 Å². The molecule has 1 unspecified atom stereocenters. The highest BCUT2D eigenvalue weighted by Crippen LogP contribution is 2.38. The summed E-state index contributed by atoms with van der Waals surface area (Å²) in [6.07, 6.45) is 0.727. The maximum atomic E-state index is 13.2. The number of carbonyl (C=O) groups is 3. The summed E-state index contributed by atoms with van der Waals surface area (Å²) >= 11 is 0. The number of allylic oxidation sites excluding steroid dienone is 1. The Morgan fingerprint density at radius 1 is 0.947 bits per heavy atom. The number of nitrogens with zero attached hydrogens (tertiary/aromatic N) is 1. The summed E-state index contributed by atoms with van der Waals surface area (Å²) in [5, 5.41) is 2.87. The van der Waals surface area contributed by atoms with Crippen LogP contribution in [0.5, 0.6) is 11.5 Å². The van der Waals surface area contributed by atoms with Crippen LogP contribution in [0, 0.1) is 0 Å². The van der Waals surface area contributed by atoms with E-state index in [1.165, 1.54) is 4.90 Å². The number of rotatable bonds is 10. The van der Waals surface area contributed by atoms with Gasteiger partial charge < -0.3 is 19.7 Å². The van der Waals surface area contributed by atoms with Crippen molar-refractivity contribution in [3.8, 4) is 11.5 Å². The zero-order valence-corrected chi connectivity index (χ0v) is 21.7. The number of esters is 1. The summed E-state index contributed by atoms with van der Waals surface area (Å²) in [7, 11) is 0. The Balaban J connectivity index is 1.53. The smallest absolute Gasteiger partial charge is 0.336 e. The fraction of sp³-hybridized carbons (Fsp3) is 0.258. The van der Waals surface area contributed by atoms with Crippen LogP contribution in [0.3, 0.4) is 0 Å². The highest BCUT2D eigenvalue weighted by atomic mass is 16.5. The Kier molecular flexibility index (Phi) is 8.93. The third kappa shape index (κ3) is 6.68. The predicted octanol–water partition coefficient (Wildman–Crippen LogP) is 4.99. The molecule has 1 N–H and O–H groups in total. The SMILES string of the molecule is CCOC(=O)C1=C(C)N(CC(=O)NCCc2ccccc2)C(=O)CC1c1cccc(Oc2ccccc2)c1. The number of hydrogen-bond acceptors (Lipinski definition) is 5. The lowest BCUT2D eigenvalue weighted by Gasteiger charge is -2.34. The van der Waals surface area contributed by atoms with Crippen molar-refractivity contribution in [2.24, 2.45) is 0 Å². The molecule has 1 aliphatic heterocycles. The van der Waals surface area contributed by atoms with Gasteiger partial charge in [-0.15, -0.1) is 0 Å². The van der Waals surface area contributed by atoms with Crippen molar-refractivity contribution >= 4 is 17.8 Å². The van der Waals surface area contributed by atoms with Crippen LogP contribution in [0.4, 0.5) is 0 Å². The summed E-state index contributed by atoms with van der Waals surface area (Å²) in [6, 6.07) is 26.6. The third-order valence-electron chi connectivity index (χ3n) is 6.44. The minimum absolute atomic E-state index is 0.0393. The molecular weight excluding hydrogens is 480 g/mol. The predicted molar refractivity (Wildman–Crippen MR) is 145 cm³/mol. The van der Waals surface area contributed by atoms with Crippen molar-refractivity contribution < 1.29 is 23.9 Å². The highest BCUT2D eigenvalue weighted by Gasteiger charge is 2.37. The Hall–Kier alpha value is -4.39. The molecule has 0 fully saturated rings. The van der Waals surface area contributed by atoms with Crippen LogP contribution in [-0.4, -0.2) is 42.4 Å². The number of carbonyl (C=O) groups excluding carboxylic acids is 3. The van der Waals surface area contributed by atoms with Gasteiger partial charge in [0.15, 0.2) is 0 Å². The lowest BCUT2D eigenvalue weighted by molar-refractivity contribution is -0.141. The Bertz CT molecular complexity index is 1300. The van der Waals surface area contributed by atoms with Gasteiger partial charge in [-0.05, 0) is 55.7 Å². The molecule has 1 aliphatic rings. The molecule has 38 heavy (non-hydrogen) atoms.